The molecule has 1 rings (SSSR count). The molecule has 13 heavy (non-hydrogen) atoms. The molecule has 1 saturated heterocycles. The van der Waals surface area contributed by atoms with Crippen molar-refractivity contribution in [3.8, 4) is 0 Å². The van der Waals surface area contributed by atoms with Crippen molar-refractivity contribution in [2.45, 2.75) is 12.8 Å². The van der Waals surface area contributed by atoms with Gasteiger partial charge in [-0.2, -0.15) is 0 Å². The zero-order chi connectivity index (χ0) is 9.68. The van der Waals surface area contributed by atoms with Crippen LogP contribution in [-0.4, -0.2) is 48.1 Å². The second-order valence-corrected chi connectivity index (χ2v) is 2.98. The van der Waals surface area contributed by atoms with Crippen LogP contribution >= 0.6 is 0 Å². The molecular weight excluding hydrogens is 172 g/mol. The average Bonchev–Trinajstić information content (AvgIpc) is 2.65. The van der Waals surface area contributed by atoms with E-state index in [4.69, 9.17) is 5.11 Å². The lowest BCUT2D eigenvalue weighted by atomic mass is 10.4. The summed E-state index contributed by atoms with van der Waals surface area (Å²) in [6, 6.07) is 0. The van der Waals surface area contributed by atoms with Gasteiger partial charge < -0.3 is 15.3 Å². The molecule has 2 amide bonds. The highest BCUT2D eigenvalue weighted by molar-refractivity contribution is 6.35. The van der Waals surface area contributed by atoms with E-state index in [0.717, 1.165) is 12.8 Å². The fraction of sp³-hybridized carbons (Fsp3) is 0.750. The van der Waals surface area contributed by atoms with Crippen molar-refractivity contribution >= 4 is 11.8 Å². The van der Waals surface area contributed by atoms with Gasteiger partial charge in [0.05, 0.1) is 6.61 Å². The van der Waals surface area contributed by atoms with E-state index in [-0.39, 0.29) is 13.2 Å². The van der Waals surface area contributed by atoms with Gasteiger partial charge in [-0.1, -0.05) is 0 Å². The van der Waals surface area contributed by atoms with Crippen molar-refractivity contribution in [3.63, 3.8) is 0 Å². The minimum absolute atomic E-state index is 0.137. The molecule has 0 aliphatic carbocycles. The number of likely N-dealkylation sites (tertiary alicyclic amines) is 1. The van der Waals surface area contributed by atoms with Crippen molar-refractivity contribution in [2.24, 2.45) is 0 Å². The quantitative estimate of drug-likeness (QED) is 0.528. The third kappa shape index (κ3) is 2.69. The van der Waals surface area contributed by atoms with Gasteiger partial charge in [0.15, 0.2) is 0 Å². The van der Waals surface area contributed by atoms with E-state index in [1.165, 1.54) is 4.90 Å². The summed E-state index contributed by atoms with van der Waals surface area (Å²) in [5, 5.41) is 10.8. The lowest BCUT2D eigenvalue weighted by molar-refractivity contribution is -0.145. The normalized spacial score (nSPS) is 15.9. The maximum absolute atomic E-state index is 11.3. The van der Waals surface area contributed by atoms with Crippen LogP contribution in [0.25, 0.3) is 0 Å². The lowest BCUT2D eigenvalue weighted by Gasteiger charge is -2.13. The smallest absolute Gasteiger partial charge is 0.311 e. The number of nitrogens with zero attached hydrogens (tertiary/aromatic N) is 1. The van der Waals surface area contributed by atoms with E-state index in [1.54, 1.807) is 0 Å². The first kappa shape index (κ1) is 9.98. The Labute approximate surface area is 76.7 Å². The second kappa shape index (κ2) is 4.81. The Hall–Kier alpha value is -1.10. The summed E-state index contributed by atoms with van der Waals surface area (Å²) in [5.74, 6) is -1.10. The number of aliphatic hydroxyl groups excluding tert-OH is 1. The Morgan fingerprint density at radius 1 is 1.31 bits per heavy atom. The predicted octanol–water partition coefficient (Wildman–Crippen LogP) is -1.28. The number of hydrogen-bond donors (Lipinski definition) is 2. The molecular formula is C8H14N2O3. The summed E-state index contributed by atoms with van der Waals surface area (Å²) in [5.41, 5.74) is 0. The number of amides is 2. The summed E-state index contributed by atoms with van der Waals surface area (Å²) in [6.45, 7) is 1.34. The molecule has 1 heterocycles. The molecule has 0 saturated carbocycles. The molecule has 0 radical (unpaired) electrons. The Morgan fingerprint density at radius 2 is 1.92 bits per heavy atom. The van der Waals surface area contributed by atoms with E-state index < -0.39 is 11.8 Å². The number of aliphatic hydroxyl groups is 1. The van der Waals surface area contributed by atoms with Gasteiger partial charge in [-0.25, -0.2) is 0 Å². The highest BCUT2D eigenvalue weighted by atomic mass is 16.3. The van der Waals surface area contributed by atoms with E-state index in [2.05, 4.69) is 5.32 Å². The zero-order valence-corrected chi connectivity index (χ0v) is 7.45. The Bertz CT molecular complexity index is 200. The third-order valence-electron chi connectivity index (χ3n) is 1.98. The van der Waals surface area contributed by atoms with Crippen LogP contribution in [0, 0.1) is 0 Å². The Balaban J connectivity index is 2.32. The first-order chi connectivity index (χ1) is 6.25. The van der Waals surface area contributed by atoms with Crippen LogP contribution in [0.15, 0.2) is 0 Å². The molecule has 2 N–H and O–H groups in total. The zero-order valence-electron chi connectivity index (χ0n) is 7.45. The predicted molar refractivity (Wildman–Crippen MR) is 45.9 cm³/mol. The van der Waals surface area contributed by atoms with Crippen LogP contribution in [-0.2, 0) is 9.59 Å². The van der Waals surface area contributed by atoms with E-state index >= 15 is 0 Å². The van der Waals surface area contributed by atoms with Crippen molar-refractivity contribution in [1.29, 1.82) is 0 Å². The fourth-order valence-corrected chi connectivity index (χ4v) is 1.31. The summed E-state index contributed by atoms with van der Waals surface area (Å²) in [4.78, 5) is 23.9. The number of carbonyl (C=O) groups is 2. The first-order valence-electron chi connectivity index (χ1n) is 4.43. The van der Waals surface area contributed by atoms with Crippen LogP contribution in [0.4, 0.5) is 0 Å². The maximum Gasteiger partial charge on any atom is 0.311 e. The van der Waals surface area contributed by atoms with Gasteiger partial charge in [0.25, 0.3) is 0 Å². The number of carbonyl (C=O) groups excluding carboxylic acids is 2. The molecule has 1 aliphatic heterocycles. The molecule has 1 fully saturated rings. The monoisotopic (exact) mass is 186 g/mol. The Kier molecular flexibility index (Phi) is 3.70. The molecule has 5 nitrogen and oxygen atoms in total. The molecule has 0 aromatic heterocycles. The van der Waals surface area contributed by atoms with Gasteiger partial charge in [-0.3, -0.25) is 9.59 Å². The molecule has 0 aromatic carbocycles. The number of hydrogen-bond acceptors (Lipinski definition) is 3. The van der Waals surface area contributed by atoms with Crippen molar-refractivity contribution in [2.75, 3.05) is 26.2 Å². The fourth-order valence-electron chi connectivity index (χ4n) is 1.31. The lowest BCUT2D eigenvalue weighted by Crippen LogP contribution is -2.42. The third-order valence-corrected chi connectivity index (χ3v) is 1.98. The van der Waals surface area contributed by atoms with E-state index in [1.807, 2.05) is 0 Å². The van der Waals surface area contributed by atoms with Crippen LogP contribution in [0.3, 0.4) is 0 Å². The molecule has 5 heteroatoms. The van der Waals surface area contributed by atoms with Crippen molar-refractivity contribution < 1.29 is 14.7 Å². The van der Waals surface area contributed by atoms with Gasteiger partial charge in [0.1, 0.15) is 0 Å². The molecule has 0 atom stereocenters. The maximum atomic E-state index is 11.3. The minimum atomic E-state index is -0.615. The minimum Gasteiger partial charge on any atom is -0.395 e. The average molecular weight is 186 g/mol. The summed E-state index contributed by atoms with van der Waals surface area (Å²) >= 11 is 0. The molecule has 74 valence electrons. The Morgan fingerprint density at radius 3 is 2.46 bits per heavy atom. The van der Waals surface area contributed by atoms with Crippen LogP contribution in [0.5, 0.6) is 0 Å². The largest absolute Gasteiger partial charge is 0.395 e. The van der Waals surface area contributed by atoms with Gasteiger partial charge in [0.2, 0.25) is 0 Å². The van der Waals surface area contributed by atoms with Gasteiger partial charge in [-0.15, -0.1) is 0 Å². The summed E-state index contributed by atoms with van der Waals surface area (Å²) in [6.07, 6.45) is 1.94. The standard InChI is InChI=1S/C8H14N2O3/c11-6-3-9-7(12)8(13)10-4-1-2-5-10/h11H,1-6H2,(H,9,12). The second-order valence-electron chi connectivity index (χ2n) is 2.98. The van der Waals surface area contributed by atoms with Crippen LogP contribution in [0.1, 0.15) is 12.8 Å². The SMILES string of the molecule is O=C(NCCO)C(=O)N1CCCC1. The van der Waals surface area contributed by atoms with Crippen molar-refractivity contribution in [1.82, 2.24) is 10.2 Å². The van der Waals surface area contributed by atoms with E-state index in [9.17, 15) is 9.59 Å². The molecule has 0 bridgehead atoms. The molecule has 0 spiro atoms. The highest BCUT2D eigenvalue weighted by Crippen LogP contribution is 2.06. The molecule has 0 unspecified atom stereocenters. The summed E-state index contributed by atoms with van der Waals surface area (Å²) in [7, 11) is 0. The summed E-state index contributed by atoms with van der Waals surface area (Å²) < 4.78 is 0. The molecule has 1 aliphatic rings. The topological polar surface area (TPSA) is 69.6 Å². The highest BCUT2D eigenvalue weighted by Gasteiger charge is 2.23. The number of rotatable bonds is 2. The van der Waals surface area contributed by atoms with Gasteiger partial charge >= 0.3 is 11.8 Å². The molecule has 0 aromatic rings. The van der Waals surface area contributed by atoms with Gasteiger partial charge in [-0.05, 0) is 12.8 Å². The van der Waals surface area contributed by atoms with E-state index in [0.29, 0.717) is 13.1 Å². The van der Waals surface area contributed by atoms with Crippen LogP contribution in [0.2, 0.25) is 0 Å². The van der Waals surface area contributed by atoms with Crippen molar-refractivity contribution in [3.05, 3.63) is 0 Å². The van der Waals surface area contributed by atoms with Crippen LogP contribution < -0.4 is 5.32 Å². The first-order valence-corrected chi connectivity index (χ1v) is 4.43. The number of nitrogens with one attached hydrogen (secondary N) is 1. The van der Waals surface area contributed by atoms with Gasteiger partial charge in [0, 0.05) is 19.6 Å².